The Morgan fingerprint density at radius 3 is 2.43 bits per heavy atom. The van der Waals surface area contributed by atoms with Crippen LogP contribution >= 0.6 is 24.8 Å². The second kappa shape index (κ2) is 10.6. The van der Waals surface area contributed by atoms with Crippen LogP contribution in [0.1, 0.15) is 13.8 Å². The number of halogens is 2. The van der Waals surface area contributed by atoms with Crippen molar-refractivity contribution in [2.45, 2.75) is 26.0 Å². The number of carbonyl (C=O) groups is 1. The smallest absolute Gasteiger partial charge is 0.243 e. The van der Waals surface area contributed by atoms with Crippen LogP contribution in [-0.4, -0.2) is 43.7 Å². The lowest BCUT2D eigenvalue weighted by atomic mass is 10.3. The standard InChI is InChI=1S/C13H22N4O2.2ClH/c1-9(2)19-8-11(14)13(18)16-10-5-6-12(15-7-10)17(3)4;;/h5-7,9,11H,8,14H2,1-4H3,(H,16,18);2*1H/t11-;;/m0../s1. The van der Waals surface area contributed by atoms with E-state index in [9.17, 15) is 4.79 Å². The molecule has 0 unspecified atom stereocenters. The van der Waals surface area contributed by atoms with Crippen LogP contribution in [0.25, 0.3) is 0 Å². The first-order valence-electron chi connectivity index (χ1n) is 6.21. The third-order valence-electron chi connectivity index (χ3n) is 2.42. The van der Waals surface area contributed by atoms with E-state index in [-0.39, 0.29) is 43.4 Å². The molecular formula is C13H24Cl2N4O2. The molecule has 122 valence electrons. The molecule has 0 radical (unpaired) electrons. The number of nitrogens with two attached hydrogens (primary N) is 1. The number of ether oxygens (including phenoxy) is 1. The number of anilines is 2. The predicted octanol–water partition coefficient (Wildman–Crippen LogP) is 1.68. The highest BCUT2D eigenvalue weighted by atomic mass is 35.5. The average Bonchev–Trinajstić information content (AvgIpc) is 2.36. The van der Waals surface area contributed by atoms with Gasteiger partial charge in [-0.25, -0.2) is 4.98 Å². The van der Waals surface area contributed by atoms with Crippen molar-refractivity contribution in [2.24, 2.45) is 5.73 Å². The van der Waals surface area contributed by atoms with E-state index in [1.54, 1.807) is 12.3 Å². The zero-order valence-electron chi connectivity index (χ0n) is 12.7. The Labute approximate surface area is 138 Å². The van der Waals surface area contributed by atoms with Gasteiger partial charge in [0.2, 0.25) is 5.91 Å². The Morgan fingerprint density at radius 2 is 2.00 bits per heavy atom. The Balaban J connectivity index is 0. The molecule has 0 saturated carbocycles. The van der Waals surface area contributed by atoms with Crippen LogP contribution in [0.2, 0.25) is 0 Å². The highest BCUT2D eigenvalue weighted by Crippen LogP contribution is 2.11. The van der Waals surface area contributed by atoms with Crippen LogP contribution in [0.5, 0.6) is 0 Å². The van der Waals surface area contributed by atoms with Gasteiger partial charge in [-0.3, -0.25) is 4.79 Å². The fraction of sp³-hybridized carbons (Fsp3) is 0.538. The molecule has 1 heterocycles. The number of carbonyl (C=O) groups excluding carboxylic acids is 1. The van der Waals surface area contributed by atoms with E-state index in [0.29, 0.717) is 5.69 Å². The van der Waals surface area contributed by atoms with Crippen LogP contribution in [0.4, 0.5) is 11.5 Å². The van der Waals surface area contributed by atoms with Gasteiger partial charge in [0.15, 0.2) is 0 Å². The van der Waals surface area contributed by atoms with Gasteiger partial charge in [-0.2, -0.15) is 0 Å². The van der Waals surface area contributed by atoms with Gasteiger partial charge in [0.25, 0.3) is 0 Å². The number of pyridine rings is 1. The Bertz CT molecular complexity index is 413. The van der Waals surface area contributed by atoms with Crippen LogP contribution < -0.4 is 16.0 Å². The number of rotatable bonds is 6. The van der Waals surface area contributed by atoms with Crippen LogP contribution in [0.15, 0.2) is 18.3 Å². The van der Waals surface area contributed by atoms with Crippen molar-refractivity contribution in [1.82, 2.24) is 4.98 Å². The lowest BCUT2D eigenvalue weighted by Gasteiger charge is -2.15. The first-order valence-corrected chi connectivity index (χ1v) is 6.21. The van der Waals surface area contributed by atoms with E-state index in [2.05, 4.69) is 10.3 Å². The number of hydrogen-bond donors (Lipinski definition) is 2. The normalized spacial score (nSPS) is 11.1. The van der Waals surface area contributed by atoms with Gasteiger partial charge < -0.3 is 20.7 Å². The molecule has 3 N–H and O–H groups in total. The summed E-state index contributed by atoms with van der Waals surface area (Å²) in [5, 5.41) is 2.71. The summed E-state index contributed by atoms with van der Waals surface area (Å²) in [7, 11) is 3.81. The Hall–Kier alpha value is -1.08. The molecule has 6 nitrogen and oxygen atoms in total. The Kier molecular flexibility index (Phi) is 11.2. The van der Waals surface area contributed by atoms with E-state index in [4.69, 9.17) is 10.5 Å². The molecule has 1 aromatic rings. The summed E-state index contributed by atoms with van der Waals surface area (Å²) in [6.45, 7) is 4.00. The quantitative estimate of drug-likeness (QED) is 0.824. The number of aromatic nitrogens is 1. The second-order valence-corrected chi connectivity index (χ2v) is 4.78. The van der Waals surface area contributed by atoms with E-state index in [0.717, 1.165) is 5.82 Å². The number of hydrogen-bond acceptors (Lipinski definition) is 5. The highest BCUT2D eigenvalue weighted by Gasteiger charge is 2.14. The summed E-state index contributed by atoms with van der Waals surface area (Å²) in [6.07, 6.45) is 1.66. The topological polar surface area (TPSA) is 80.5 Å². The summed E-state index contributed by atoms with van der Waals surface area (Å²) < 4.78 is 5.30. The lowest BCUT2D eigenvalue weighted by molar-refractivity contribution is -0.119. The van der Waals surface area contributed by atoms with E-state index in [1.807, 2.05) is 38.9 Å². The fourth-order valence-corrected chi connectivity index (χ4v) is 1.33. The number of nitrogens with zero attached hydrogens (tertiary/aromatic N) is 2. The van der Waals surface area contributed by atoms with Crippen molar-refractivity contribution in [1.29, 1.82) is 0 Å². The van der Waals surface area contributed by atoms with Gasteiger partial charge in [-0.1, -0.05) is 0 Å². The summed E-state index contributed by atoms with van der Waals surface area (Å²) in [4.78, 5) is 17.9. The highest BCUT2D eigenvalue weighted by molar-refractivity contribution is 5.94. The molecule has 0 fully saturated rings. The average molecular weight is 339 g/mol. The minimum absolute atomic E-state index is 0. The maximum atomic E-state index is 11.8. The SMILES string of the molecule is CC(C)OC[C@H](N)C(=O)Nc1ccc(N(C)C)nc1.Cl.Cl. The molecule has 1 aromatic heterocycles. The molecule has 1 atom stereocenters. The maximum Gasteiger partial charge on any atom is 0.243 e. The first kappa shape index (κ1) is 22.2. The third-order valence-corrected chi connectivity index (χ3v) is 2.42. The zero-order valence-corrected chi connectivity index (χ0v) is 14.3. The van der Waals surface area contributed by atoms with E-state index in [1.165, 1.54) is 0 Å². The molecule has 1 rings (SSSR count). The summed E-state index contributed by atoms with van der Waals surface area (Å²) in [5.41, 5.74) is 6.35. The second-order valence-electron chi connectivity index (χ2n) is 4.78. The molecule has 0 saturated heterocycles. The zero-order chi connectivity index (χ0) is 14.4. The van der Waals surface area contributed by atoms with Crippen molar-refractivity contribution >= 4 is 42.2 Å². The third kappa shape index (κ3) is 8.06. The fourth-order valence-electron chi connectivity index (χ4n) is 1.33. The largest absolute Gasteiger partial charge is 0.377 e. The monoisotopic (exact) mass is 338 g/mol. The molecule has 21 heavy (non-hydrogen) atoms. The minimum Gasteiger partial charge on any atom is -0.377 e. The lowest BCUT2D eigenvalue weighted by Crippen LogP contribution is -2.40. The number of amides is 1. The van der Waals surface area contributed by atoms with Crippen molar-refractivity contribution < 1.29 is 9.53 Å². The molecule has 1 amide bonds. The van der Waals surface area contributed by atoms with Crippen LogP contribution in [0, 0.1) is 0 Å². The van der Waals surface area contributed by atoms with Crippen molar-refractivity contribution in [3.05, 3.63) is 18.3 Å². The van der Waals surface area contributed by atoms with Gasteiger partial charge in [0, 0.05) is 14.1 Å². The van der Waals surface area contributed by atoms with Gasteiger partial charge in [-0.05, 0) is 26.0 Å². The van der Waals surface area contributed by atoms with Gasteiger partial charge in [0.05, 0.1) is 24.6 Å². The van der Waals surface area contributed by atoms with E-state index >= 15 is 0 Å². The molecule has 0 spiro atoms. The summed E-state index contributed by atoms with van der Waals surface area (Å²) >= 11 is 0. The molecule has 0 aromatic carbocycles. The van der Waals surface area contributed by atoms with Crippen LogP contribution in [0.3, 0.4) is 0 Å². The summed E-state index contributed by atoms with van der Waals surface area (Å²) in [5.74, 6) is 0.547. The van der Waals surface area contributed by atoms with Crippen molar-refractivity contribution in [3.63, 3.8) is 0 Å². The predicted molar refractivity (Wildman–Crippen MR) is 90.8 cm³/mol. The van der Waals surface area contributed by atoms with Crippen molar-refractivity contribution in [2.75, 3.05) is 30.9 Å². The van der Waals surface area contributed by atoms with Gasteiger partial charge in [0.1, 0.15) is 11.9 Å². The first-order chi connectivity index (χ1) is 8.90. The Morgan fingerprint density at radius 1 is 1.38 bits per heavy atom. The number of nitrogens with one attached hydrogen (secondary N) is 1. The minimum atomic E-state index is -0.684. The summed E-state index contributed by atoms with van der Waals surface area (Å²) in [6, 6.07) is 2.93. The molecule has 0 aliphatic rings. The van der Waals surface area contributed by atoms with Crippen LogP contribution in [-0.2, 0) is 9.53 Å². The van der Waals surface area contributed by atoms with E-state index < -0.39 is 6.04 Å². The maximum absolute atomic E-state index is 11.8. The molecule has 0 aliphatic carbocycles. The van der Waals surface area contributed by atoms with Gasteiger partial charge in [-0.15, -0.1) is 24.8 Å². The molecule has 8 heteroatoms. The molecule has 0 bridgehead atoms. The molecular weight excluding hydrogens is 315 g/mol. The van der Waals surface area contributed by atoms with Crippen molar-refractivity contribution in [3.8, 4) is 0 Å². The molecule has 0 aliphatic heterocycles. The van der Waals surface area contributed by atoms with Gasteiger partial charge >= 0.3 is 0 Å².